The molecule has 2 aliphatic rings. The van der Waals surface area contributed by atoms with Gasteiger partial charge in [-0.2, -0.15) is 0 Å². The number of hydrogen-bond acceptors (Lipinski definition) is 3. The Bertz CT molecular complexity index is 556. The maximum Gasteiger partial charge on any atom is 0.222 e. The molecule has 1 amide bonds. The second-order valence-corrected chi connectivity index (χ2v) is 7.99. The molecule has 2 heterocycles. The number of carbonyl (C=O) groups is 1. The van der Waals surface area contributed by atoms with Crippen molar-refractivity contribution in [1.82, 2.24) is 15.1 Å². The molecule has 7 heteroatoms. The Hall–Kier alpha value is -0.520. The topological polar surface area (TPSA) is 35.6 Å². The Morgan fingerprint density at radius 1 is 1.11 bits per heavy atom. The van der Waals surface area contributed by atoms with Crippen LogP contribution in [0.5, 0.6) is 0 Å². The highest BCUT2D eigenvalue weighted by atomic mass is 35.5. The number of benzene rings is 1. The van der Waals surface area contributed by atoms with Gasteiger partial charge in [0.2, 0.25) is 5.91 Å². The Morgan fingerprint density at radius 3 is 2.30 bits per heavy atom. The van der Waals surface area contributed by atoms with E-state index in [2.05, 4.69) is 34.2 Å². The van der Waals surface area contributed by atoms with Crippen LogP contribution in [0.15, 0.2) is 24.3 Å². The third kappa shape index (κ3) is 7.43. The highest BCUT2D eigenvalue weighted by Crippen LogP contribution is 2.25. The van der Waals surface area contributed by atoms with Crippen molar-refractivity contribution in [3.05, 3.63) is 34.9 Å². The zero-order valence-electron chi connectivity index (χ0n) is 16.0. The lowest BCUT2D eigenvalue weighted by atomic mass is 9.84. The van der Waals surface area contributed by atoms with Crippen molar-refractivity contribution in [3.63, 3.8) is 0 Å². The van der Waals surface area contributed by atoms with Gasteiger partial charge in [0.15, 0.2) is 0 Å². The van der Waals surface area contributed by atoms with Gasteiger partial charge < -0.3 is 10.2 Å². The molecule has 1 atom stereocenters. The average Bonchev–Trinajstić information content (AvgIpc) is 2.65. The first-order valence-electron chi connectivity index (χ1n) is 9.57. The maximum absolute atomic E-state index is 12.6. The third-order valence-corrected chi connectivity index (χ3v) is 5.98. The van der Waals surface area contributed by atoms with Crippen molar-refractivity contribution in [2.45, 2.75) is 32.7 Å². The van der Waals surface area contributed by atoms with Crippen molar-refractivity contribution in [2.75, 3.05) is 39.3 Å². The molecule has 1 N–H and O–H groups in total. The standard InChI is InChI=1S/C20H30ClN3O.2ClH/c1-16(18-6-8-22-9-7-18)14-20(25)24-12-10-23(11-13-24)15-17-2-4-19(21)5-3-17;;/h2-5,16,18,22H,6-15H2,1H3;2*1H. The van der Waals surface area contributed by atoms with Crippen LogP contribution < -0.4 is 5.32 Å². The van der Waals surface area contributed by atoms with Gasteiger partial charge in [0.05, 0.1) is 0 Å². The van der Waals surface area contributed by atoms with Gasteiger partial charge in [-0.1, -0.05) is 30.7 Å². The summed E-state index contributed by atoms with van der Waals surface area (Å²) in [5.41, 5.74) is 1.28. The summed E-state index contributed by atoms with van der Waals surface area (Å²) in [5, 5.41) is 4.19. The minimum absolute atomic E-state index is 0. The average molecular weight is 437 g/mol. The fourth-order valence-corrected chi connectivity index (χ4v) is 4.11. The van der Waals surface area contributed by atoms with E-state index >= 15 is 0 Å². The highest BCUT2D eigenvalue weighted by Gasteiger charge is 2.26. The number of nitrogens with zero attached hydrogens (tertiary/aromatic N) is 2. The lowest BCUT2D eigenvalue weighted by Gasteiger charge is -2.36. The number of piperidine rings is 1. The molecule has 2 fully saturated rings. The van der Waals surface area contributed by atoms with Crippen LogP contribution in [0.4, 0.5) is 0 Å². The van der Waals surface area contributed by atoms with E-state index in [1.165, 1.54) is 18.4 Å². The predicted molar refractivity (Wildman–Crippen MR) is 117 cm³/mol. The van der Waals surface area contributed by atoms with Crippen LogP contribution in [-0.2, 0) is 11.3 Å². The Labute approximate surface area is 180 Å². The normalized spacial score (nSPS) is 19.7. The fourth-order valence-electron chi connectivity index (χ4n) is 3.99. The van der Waals surface area contributed by atoms with E-state index in [-0.39, 0.29) is 24.8 Å². The summed E-state index contributed by atoms with van der Waals surface area (Å²) in [7, 11) is 0. The van der Waals surface area contributed by atoms with Crippen LogP contribution in [0.1, 0.15) is 31.7 Å². The summed E-state index contributed by atoms with van der Waals surface area (Å²) >= 11 is 5.94. The van der Waals surface area contributed by atoms with Crippen molar-refractivity contribution in [2.24, 2.45) is 11.8 Å². The molecule has 2 aliphatic heterocycles. The molecule has 0 spiro atoms. The molecule has 1 unspecified atom stereocenters. The van der Waals surface area contributed by atoms with Gasteiger partial charge >= 0.3 is 0 Å². The van der Waals surface area contributed by atoms with Crippen molar-refractivity contribution in [3.8, 4) is 0 Å². The van der Waals surface area contributed by atoms with Crippen molar-refractivity contribution >= 4 is 42.3 Å². The van der Waals surface area contributed by atoms with E-state index < -0.39 is 0 Å². The first-order valence-corrected chi connectivity index (χ1v) is 9.95. The van der Waals surface area contributed by atoms with Gasteiger partial charge in [0.1, 0.15) is 0 Å². The van der Waals surface area contributed by atoms with Crippen LogP contribution in [0.25, 0.3) is 0 Å². The van der Waals surface area contributed by atoms with Crippen molar-refractivity contribution < 1.29 is 4.79 Å². The molecule has 4 nitrogen and oxygen atoms in total. The number of nitrogens with one attached hydrogen (secondary N) is 1. The number of piperazine rings is 1. The molecular weight excluding hydrogens is 405 g/mol. The molecule has 1 aromatic rings. The van der Waals surface area contributed by atoms with Crippen LogP contribution in [-0.4, -0.2) is 55.0 Å². The highest BCUT2D eigenvalue weighted by molar-refractivity contribution is 6.30. The molecule has 1 aromatic carbocycles. The lowest BCUT2D eigenvalue weighted by molar-refractivity contribution is -0.134. The number of carbonyl (C=O) groups excluding carboxylic acids is 1. The summed E-state index contributed by atoms with van der Waals surface area (Å²) < 4.78 is 0. The molecule has 0 aromatic heterocycles. The molecule has 3 rings (SSSR count). The Balaban J connectivity index is 0.00000182. The van der Waals surface area contributed by atoms with E-state index in [0.29, 0.717) is 24.2 Å². The van der Waals surface area contributed by atoms with Crippen LogP contribution >= 0.6 is 36.4 Å². The number of hydrogen-bond donors (Lipinski definition) is 1. The third-order valence-electron chi connectivity index (χ3n) is 5.73. The van der Waals surface area contributed by atoms with Gasteiger partial charge in [0.25, 0.3) is 0 Å². The van der Waals surface area contributed by atoms with E-state index in [0.717, 1.165) is 50.8 Å². The lowest BCUT2D eigenvalue weighted by Crippen LogP contribution is -2.48. The Kier molecular flexibility index (Phi) is 11.0. The predicted octanol–water partition coefficient (Wildman–Crippen LogP) is 3.85. The molecule has 0 radical (unpaired) electrons. The quantitative estimate of drug-likeness (QED) is 0.761. The van der Waals surface area contributed by atoms with Crippen LogP contribution in [0, 0.1) is 11.8 Å². The second-order valence-electron chi connectivity index (χ2n) is 7.55. The maximum atomic E-state index is 12.6. The summed E-state index contributed by atoms with van der Waals surface area (Å²) in [5.74, 6) is 1.55. The largest absolute Gasteiger partial charge is 0.340 e. The van der Waals surface area contributed by atoms with Gasteiger partial charge in [-0.25, -0.2) is 0 Å². The summed E-state index contributed by atoms with van der Waals surface area (Å²) in [6.07, 6.45) is 3.13. The van der Waals surface area contributed by atoms with E-state index in [1.807, 2.05) is 12.1 Å². The molecule has 27 heavy (non-hydrogen) atoms. The first kappa shape index (κ1) is 24.5. The van der Waals surface area contributed by atoms with Crippen molar-refractivity contribution in [1.29, 1.82) is 0 Å². The van der Waals surface area contributed by atoms with Crippen LogP contribution in [0.2, 0.25) is 5.02 Å². The molecule has 0 bridgehead atoms. The van der Waals surface area contributed by atoms with E-state index in [9.17, 15) is 4.79 Å². The van der Waals surface area contributed by atoms with E-state index in [4.69, 9.17) is 11.6 Å². The minimum atomic E-state index is 0. The molecular formula is C20H32Cl3N3O. The Morgan fingerprint density at radius 2 is 1.70 bits per heavy atom. The monoisotopic (exact) mass is 435 g/mol. The summed E-state index contributed by atoms with van der Waals surface area (Å²) in [4.78, 5) is 17.1. The van der Waals surface area contributed by atoms with Gasteiger partial charge in [-0.15, -0.1) is 24.8 Å². The SMILES string of the molecule is CC(CC(=O)N1CCN(Cc2ccc(Cl)cc2)CC1)C1CCNCC1.Cl.Cl. The molecule has 2 saturated heterocycles. The van der Waals surface area contributed by atoms with Gasteiger partial charge in [-0.05, 0) is 55.5 Å². The second kappa shape index (κ2) is 12.1. The summed E-state index contributed by atoms with van der Waals surface area (Å²) in [6, 6.07) is 8.05. The van der Waals surface area contributed by atoms with E-state index in [1.54, 1.807) is 0 Å². The summed E-state index contributed by atoms with van der Waals surface area (Å²) in [6.45, 7) is 9.01. The van der Waals surface area contributed by atoms with Gasteiger partial charge in [0, 0.05) is 44.2 Å². The first-order chi connectivity index (χ1) is 12.1. The fraction of sp³-hybridized carbons (Fsp3) is 0.650. The number of amides is 1. The smallest absolute Gasteiger partial charge is 0.222 e. The number of rotatable bonds is 5. The minimum Gasteiger partial charge on any atom is -0.340 e. The molecule has 0 aliphatic carbocycles. The zero-order valence-corrected chi connectivity index (χ0v) is 18.4. The molecule has 154 valence electrons. The number of halogens is 3. The van der Waals surface area contributed by atoms with Gasteiger partial charge in [-0.3, -0.25) is 9.69 Å². The van der Waals surface area contributed by atoms with Crippen LogP contribution in [0.3, 0.4) is 0 Å². The zero-order chi connectivity index (χ0) is 17.6. The molecule has 0 saturated carbocycles.